The Morgan fingerprint density at radius 3 is 1.20 bits per heavy atom. The van der Waals surface area contributed by atoms with E-state index >= 15 is 0 Å². The average molecular weight is 831 g/mol. The summed E-state index contributed by atoms with van der Waals surface area (Å²) < 4.78 is 53.7. The zero-order valence-corrected chi connectivity index (χ0v) is 31.1. The van der Waals surface area contributed by atoms with E-state index in [1.165, 1.54) is 61.2 Å². The molecule has 55 heavy (non-hydrogen) atoms. The summed E-state index contributed by atoms with van der Waals surface area (Å²) in [5.74, 6) is -1.27. The summed E-state index contributed by atoms with van der Waals surface area (Å²) in [4.78, 5) is 47.6. The minimum Gasteiger partial charge on any atom is -0.550 e. The zero-order chi connectivity index (χ0) is 39.0. The number of aliphatic carboxylic acids is 1. The van der Waals surface area contributed by atoms with Crippen molar-refractivity contribution in [2.45, 2.75) is 16.7 Å². The molecule has 2 aromatic carbocycles. The van der Waals surface area contributed by atoms with E-state index in [-0.39, 0.29) is 50.3 Å². The number of anilines is 4. The number of hydrogen-bond donors (Lipinski definition) is 4. The van der Waals surface area contributed by atoms with Crippen molar-refractivity contribution in [2.75, 3.05) is 20.1 Å². The van der Waals surface area contributed by atoms with Crippen LogP contribution in [0.25, 0.3) is 0 Å². The number of sulfonamides is 2. The third-order valence-corrected chi connectivity index (χ3v) is 9.23. The van der Waals surface area contributed by atoms with E-state index in [9.17, 15) is 26.4 Å². The average Bonchev–Trinajstić information content (AvgIpc) is 3.15. The van der Waals surface area contributed by atoms with Crippen LogP contribution >= 0.6 is 0 Å². The van der Waals surface area contributed by atoms with Gasteiger partial charge in [-0.25, -0.2) is 46.2 Å². The Kier molecular flexibility index (Phi) is 16.1. The molecule has 0 saturated carbocycles. The molecule has 4 aromatic rings. The van der Waals surface area contributed by atoms with Crippen LogP contribution in [0.4, 0.5) is 23.3 Å². The predicted molar refractivity (Wildman–Crippen MR) is 199 cm³/mol. The number of carbonyl (C=O) groups excluding carboxylic acids is 3. The number of carbonyl (C=O) groups is 3. The van der Waals surface area contributed by atoms with Crippen molar-refractivity contribution in [1.29, 1.82) is 0 Å². The van der Waals surface area contributed by atoms with Gasteiger partial charge in [-0.05, 0) is 91.9 Å². The Bertz CT molecular complexity index is 2200. The topological polar surface area (TPSA) is 242 Å². The van der Waals surface area contributed by atoms with Crippen LogP contribution in [0.2, 0.25) is 0 Å². The summed E-state index contributed by atoms with van der Waals surface area (Å²) >= 11 is 0. The van der Waals surface area contributed by atoms with Gasteiger partial charge < -0.3 is 20.5 Å². The first-order valence-electron chi connectivity index (χ1n) is 15.5. The van der Waals surface area contributed by atoms with Gasteiger partial charge in [0.2, 0.25) is 11.9 Å². The van der Waals surface area contributed by atoms with Crippen LogP contribution < -0.4 is 25.2 Å². The summed E-state index contributed by atoms with van der Waals surface area (Å²) in [5, 5.41) is 14.8. The smallest absolute Gasteiger partial charge is 0.550 e. The maximum atomic E-state index is 12.3. The molecule has 1 radical (unpaired) electrons. The molecule has 0 spiro atoms. The Balaban J connectivity index is 0.000000265. The molecule has 0 unspecified atom stereocenters. The summed E-state index contributed by atoms with van der Waals surface area (Å²) in [6.07, 6.45) is 22.1. The summed E-state index contributed by atoms with van der Waals surface area (Å²) in [6.45, 7) is 0.972. The number of nitrogens with zero attached hydrogens (tertiary/aromatic N) is 4. The van der Waals surface area contributed by atoms with Crippen molar-refractivity contribution in [3.8, 4) is 0 Å². The zero-order valence-electron chi connectivity index (χ0n) is 28.5. The molecular weight excluding hydrogens is 800 g/mol. The van der Waals surface area contributed by atoms with E-state index in [0.717, 1.165) is 6.92 Å². The van der Waals surface area contributed by atoms with Crippen molar-refractivity contribution >= 4 is 60.9 Å². The van der Waals surface area contributed by atoms with Gasteiger partial charge >= 0.3 is 17.1 Å². The summed E-state index contributed by atoms with van der Waals surface area (Å²) in [6, 6.07) is 15.4. The Morgan fingerprint density at radius 2 is 0.891 bits per heavy atom. The van der Waals surface area contributed by atoms with Crippen LogP contribution in [0.3, 0.4) is 0 Å². The van der Waals surface area contributed by atoms with E-state index in [1.54, 1.807) is 85.3 Å². The third kappa shape index (κ3) is 14.1. The van der Waals surface area contributed by atoms with E-state index in [0.29, 0.717) is 22.5 Å². The number of carboxylic acids is 1. The number of nitrogens with one attached hydrogen (secondary N) is 4. The number of aromatic nitrogens is 4. The molecule has 0 saturated heterocycles. The first kappa shape index (κ1) is 42.9. The van der Waals surface area contributed by atoms with Gasteiger partial charge in [-0.2, -0.15) is 0 Å². The van der Waals surface area contributed by atoms with Crippen molar-refractivity contribution in [2.24, 2.45) is 0 Å². The molecule has 2 aliphatic rings. The normalized spacial score (nSPS) is 14.4. The molecular formula is C36H31CuN8O8S2+. The van der Waals surface area contributed by atoms with E-state index < -0.39 is 26.0 Å². The molecule has 16 nitrogen and oxygen atoms in total. The fraction of sp³-hybridized carbons (Fsp3) is 0.0278. The molecule has 0 atom stereocenters. The Morgan fingerprint density at radius 1 is 0.582 bits per heavy atom. The van der Waals surface area contributed by atoms with E-state index in [4.69, 9.17) is 9.90 Å². The van der Waals surface area contributed by atoms with Gasteiger partial charge in [0, 0.05) is 65.7 Å². The van der Waals surface area contributed by atoms with Gasteiger partial charge in [-0.15, -0.1) is 0 Å². The van der Waals surface area contributed by atoms with Crippen LogP contribution in [0, 0.1) is 0 Å². The third-order valence-electron chi connectivity index (χ3n) is 6.54. The molecule has 2 aliphatic carbocycles. The minimum atomic E-state index is -3.77. The molecule has 6 rings (SSSR count). The second kappa shape index (κ2) is 20.6. The van der Waals surface area contributed by atoms with Gasteiger partial charge in [0.1, 0.15) is 0 Å². The van der Waals surface area contributed by atoms with Crippen LogP contribution in [-0.4, -0.2) is 54.3 Å². The maximum absolute atomic E-state index is 12.3. The minimum absolute atomic E-state index is 0. The second-order valence-corrected chi connectivity index (χ2v) is 13.9. The maximum Gasteiger partial charge on any atom is 2.00 e. The van der Waals surface area contributed by atoms with Gasteiger partial charge in [-0.3, -0.25) is 9.59 Å². The van der Waals surface area contributed by atoms with E-state index in [2.05, 4.69) is 40.0 Å². The van der Waals surface area contributed by atoms with Crippen LogP contribution in [0.15, 0.2) is 167 Å². The molecule has 0 fully saturated rings. The van der Waals surface area contributed by atoms with Crippen LogP contribution in [0.1, 0.15) is 6.92 Å². The number of carboxylic acid groups (broad SMARTS) is 1. The summed E-state index contributed by atoms with van der Waals surface area (Å²) in [5.41, 5.74) is 2.33. The van der Waals surface area contributed by atoms with Crippen molar-refractivity contribution in [1.82, 2.24) is 19.9 Å². The van der Waals surface area contributed by atoms with E-state index in [1.807, 2.05) is 0 Å². The van der Waals surface area contributed by atoms with Gasteiger partial charge in [0.05, 0.1) is 9.79 Å². The number of rotatable bonds is 10. The molecule has 2 heterocycles. The van der Waals surface area contributed by atoms with Crippen LogP contribution in [-0.2, 0) is 51.5 Å². The number of ketones is 2. The molecule has 0 aliphatic heterocycles. The van der Waals surface area contributed by atoms with Crippen LogP contribution in [0.5, 0.6) is 0 Å². The fourth-order valence-corrected chi connectivity index (χ4v) is 5.96. The molecule has 4 N–H and O–H groups in total. The van der Waals surface area contributed by atoms with Crippen molar-refractivity contribution in [3.63, 3.8) is 0 Å². The first-order chi connectivity index (χ1) is 25.8. The monoisotopic (exact) mass is 830 g/mol. The Hall–Kier alpha value is -6.53. The SMILES string of the molecule is CC(=O)[O-].O=C1C=CC=C/C1=C/Nc1ccc(S(=O)(=O)Nc2ncccn2)cc1.O=C1C=CC=C/C1=C/Nc1ccc(S(=O)(=O)Nc2ncccn2)cc1.[Cu+2]. The quantitative estimate of drug-likeness (QED) is 0.133. The molecule has 2 aromatic heterocycles. The molecule has 19 heteroatoms. The second-order valence-electron chi connectivity index (χ2n) is 10.5. The largest absolute Gasteiger partial charge is 2.00 e. The molecule has 0 bridgehead atoms. The number of allylic oxidation sites excluding steroid dienone is 10. The molecule has 285 valence electrons. The Labute approximate surface area is 327 Å². The predicted octanol–water partition coefficient (Wildman–Crippen LogP) is 3.29. The van der Waals surface area contributed by atoms with Crippen molar-refractivity contribution in [3.05, 3.63) is 158 Å². The fourth-order valence-electron chi connectivity index (χ4n) is 4.04. The summed E-state index contributed by atoms with van der Waals surface area (Å²) in [7, 11) is -7.53. The van der Waals surface area contributed by atoms with Crippen molar-refractivity contribution < 1.29 is 53.4 Å². The van der Waals surface area contributed by atoms with Gasteiger partial charge in [-0.1, -0.05) is 24.3 Å². The number of hydrogen-bond acceptors (Lipinski definition) is 14. The van der Waals surface area contributed by atoms with Gasteiger partial charge in [0.15, 0.2) is 11.6 Å². The molecule has 0 amide bonds. The first-order valence-corrected chi connectivity index (χ1v) is 18.5. The van der Waals surface area contributed by atoms with Gasteiger partial charge in [0.25, 0.3) is 20.0 Å². The number of benzene rings is 2. The standard InChI is InChI=1S/2C17H14N4O3S.C2H4O2.Cu/c2*22-16-5-2-1-4-13(16)12-20-14-6-8-15(9-7-14)25(23,24)21-17-18-10-3-11-19-17;1-2(3)4;/h2*1-12,20H,(H,18,19,21);1H3,(H,3,4);/q;;;+2/p-1/b2*13-12-;;.